The molecule has 3 fully saturated rings. The second-order valence-corrected chi connectivity index (χ2v) is 9.49. The lowest BCUT2D eigenvalue weighted by atomic mass is 9.77. The molecular formula is C21H24F5N3O3. The van der Waals surface area contributed by atoms with E-state index in [0.717, 1.165) is 0 Å². The molecule has 5 atom stereocenters. The molecule has 2 heterocycles. The van der Waals surface area contributed by atoms with Crippen molar-refractivity contribution in [2.24, 2.45) is 11.8 Å². The van der Waals surface area contributed by atoms with Crippen LogP contribution < -0.4 is 21.8 Å². The van der Waals surface area contributed by atoms with E-state index in [1.807, 2.05) is 4.98 Å². The quantitative estimate of drug-likeness (QED) is 0.644. The van der Waals surface area contributed by atoms with Crippen LogP contribution in [0, 0.1) is 11.8 Å². The molecule has 3 aliphatic carbocycles. The summed E-state index contributed by atoms with van der Waals surface area (Å²) in [6.45, 7) is 1.60. The van der Waals surface area contributed by atoms with E-state index in [2.05, 4.69) is 0 Å². The Morgan fingerprint density at radius 3 is 2.47 bits per heavy atom. The molecule has 0 spiro atoms. The molecule has 11 heteroatoms. The van der Waals surface area contributed by atoms with Crippen LogP contribution in [0.25, 0.3) is 11.1 Å². The highest BCUT2D eigenvalue weighted by molar-refractivity contribution is 5.65. The molecule has 4 aliphatic rings. The third-order valence-corrected chi connectivity index (χ3v) is 7.57. The van der Waals surface area contributed by atoms with Crippen molar-refractivity contribution in [3.63, 3.8) is 0 Å². The molecule has 0 bridgehead atoms. The van der Waals surface area contributed by atoms with Crippen LogP contribution in [0.15, 0.2) is 9.59 Å². The van der Waals surface area contributed by atoms with Gasteiger partial charge in [-0.2, -0.15) is 0 Å². The van der Waals surface area contributed by atoms with E-state index >= 15 is 4.39 Å². The summed E-state index contributed by atoms with van der Waals surface area (Å²) < 4.78 is 73.1. The van der Waals surface area contributed by atoms with E-state index in [-0.39, 0.29) is 42.4 Å². The van der Waals surface area contributed by atoms with Crippen molar-refractivity contribution in [2.45, 2.75) is 69.3 Å². The second-order valence-electron chi connectivity index (χ2n) is 9.49. The first kappa shape index (κ1) is 21.8. The van der Waals surface area contributed by atoms with Gasteiger partial charge in [0.15, 0.2) is 0 Å². The van der Waals surface area contributed by atoms with Gasteiger partial charge in [0.05, 0.1) is 16.6 Å². The minimum Gasteiger partial charge on any atom is -0.387 e. The van der Waals surface area contributed by atoms with Crippen LogP contribution in [0.4, 0.5) is 22.0 Å². The molecule has 2 N–H and O–H groups in total. The first-order valence-corrected chi connectivity index (χ1v) is 10.8. The Hall–Kier alpha value is -2.01. The van der Waals surface area contributed by atoms with Crippen LogP contribution in [-0.2, 0) is 0 Å². The van der Waals surface area contributed by atoms with E-state index in [1.165, 1.54) is 16.4 Å². The number of H-pyrrole nitrogens is 1. The van der Waals surface area contributed by atoms with Crippen molar-refractivity contribution >= 4 is 11.1 Å². The van der Waals surface area contributed by atoms with Crippen LogP contribution in [0.3, 0.4) is 0 Å². The van der Waals surface area contributed by atoms with Gasteiger partial charge < -0.3 is 5.11 Å². The number of halogens is 5. The van der Waals surface area contributed by atoms with Crippen LogP contribution in [0.2, 0.25) is 0 Å². The molecule has 32 heavy (non-hydrogen) atoms. The van der Waals surface area contributed by atoms with Gasteiger partial charge in [0.1, 0.15) is 12.3 Å². The van der Waals surface area contributed by atoms with Crippen molar-refractivity contribution in [1.82, 2.24) is 14.5 Å². The summed E-state index contributed by atoms with van der Waals surface area (Å²) in [6, 6.07) is -1.50. The smallest absolute Gasteiger partial charge is 0.329 e. The van der Waals surface area contributed by atoms with Crippen LogP contribution in [0.1, 0.15) is 38.6 Å². The van der Waals surface area contributed by atoms with E-state index in [0.29, 0.717) is 12.8 Å². The second kappa shape index (κ2) is 7.24. The molecule has 1 aliphatic heterocycles. The molecule has 0 radical (unpaired) electrons. The SMILES string of the molecule is CC1=c2c(c(=O)[nH]c(=O)n2C2CC2)=C(C(F)F)C(F)C1N1CC2CCC(F)(F)C(O)C2C1. The Balaban J connectivity index is 1.68. The summed E-state index contributed by atoms with van der Waals surface area (Å²) >= 11 is 0. The first-order chi connectivity index (χ1) is 15.0. The van der Waals surface area contributed by atoms with Gasteiger partial charge >= 0.3 is 5.69 Å². The van der Waals surface area contributed by atoms with E-state index in [4.69, 9.17) is 0 Å². The third kappa shape index (κ3) is 3.11. The van der Waals surface area contributed by atoms with Crippen LogP contribution in [0.5, 0.6) is 0 Å². The van der Waals surface area contributed by atoms with E-state index in [9.17, 15) is 32.3 Å². The maximum Gasteiger partial charge on any atom is 0.329 e. The van der Waals surface area contributed by atoms with E-state index in [1.54, 1.807) is 0 Å². The molecule has 0 aromatic carbocycles. The number of nitrogens with zero attached hydrogens (tertiary/aromatic N) is 2. The van der Waals surface area contributed by atoms with Gasteiger partial charge in [-0.15, -0.1) is 0 Å². The van der Waals surface area contributed by atoms with Gasteiger partial charge in [0.25, 0.3) is 17.9 Å². The van der Waals surface area contributed by atoms with E-state index < -0.39 is 65.0 Å². The van der Waals surface area contributed by atoms with Gasteiger partial charge in [-0.3, -0.25) is 19.2 Å². The number of aromatic amines is 1. The zero-order chi connectivity index (χ0) is 23.1. The number of nitrogens with one attached hydrogen (secondary N) is 1. The van der Waals surface area contributed by atoms with Crippen molar-refractivity contribution in [3.05, 3.63) is 31.4 Å². The maximum absolute atomic E-state index is 15.7. The predicted molar refractivity (Wildman–Crippen MR) is 105 cm³/mol. The van der Waals surface area contributed by atoms with Gasteiger partial charge in [0, 0.05) is 37.0 Å². The topological polar surface area (TPSA) is 78.3 Å². The van der Waals surface area contributed by atoms with Crippen LogP contribution in [-0.4, -0.2) is 63.3 Å². The van der Waals surface area contributed by atoms with Gasteiger partial charge in [-0.05, 0) is 37.7 Å². The summed E-state index contributed by atoms with van der Waals surface area (Å²) in [5.74, 6) is -4.37. The summed E-state index contributed by atoms with van der Waals surface area (Å²) in [6.07, 6.45) is -6.47. The normalized spacial score (nSPS) is 34.7. The Morgan fingerprint density at radius 2 is 1.84 bits per heavy atom. The number of alkyl halides is 5. The highest BCUT2D eigenvalue weighted by Crippen LogP contribution is 2.45. The number of hydrogen-bond donors (Lipinski definition) is 2. The molecule has 2 saturated carbocycles. The maximum atomic E-state index is 15.7. The minimum atomic E-state index is -3.27. The lowest BCUT2D eigenvalue weighted by Gasteiger charge is -2.36. The molecule has 6 nitrogen and oxygen atoms in total. The summed E-state index contributed by atoms with van der Waals surface area (Å²) in [5.41, 5.74) is -2.51. The molecule has 176 valence electrons. The number of aliphatic hydroxyl groups excluding tert-OH is 1. The molecule has 1 aromatic heterocycles. The summed E-state index contributed by atoms with van der Waals surface area (Å²) in [7, 11) is 0. The Morgan fingerprint density at radius 1 is 1.16 bits per heavy atom. The average Bonchev–Trinajstić information content (AvgIpc) is 3.44. The Labute approximate surface area is 179 Å². The molecule has 0 amide bonds. The van der Waals surface area contributed by atoms with Crippen molar-refractivity contribution in [3.8, 4) is 0 Å². The third-order valence-electron chi connectivity index (χ3n) is 7.57. The number of aliphatic hydroxyl groups is 1. The van der Waals surface area contributed by atoms with Crippen molar-refractivity contribution in [2.75, 3.05) is 13.1 Å². The summed E-state index contributed by atoms with van der Waals surface area (Å²) in [4.78, 5) is 28.6. The predicted octanol–water partition coefficient (Wildman–Crippen LogP) is 0.516. The monoisotopic (exact) mass is 461 g/mol. The highest BCUT2D eigenvalue weighted by Gasteiger charge is 2.55. The molecule has 1 aromatic rings. The number of aromatic nitrogens is 2. The number of likely N-dealkylation sites (tertiary alicyclic amines) is 1. The van der Waals surface area contributed by atoms with Crippen LogP contribution >= 0.6 is 0 Å². The number of rotatable bonds is 3. The largest absolute Gasteiger partial charge is 0.387 e. The lowest BCUT2D eigenvalue weighted by molar-refractivity contribution is -0.161. The fraction of sp³-hybridized carbons (Fsp3) is 0.714. The number of hydrogen-bond acceptors (Lipinski definition) is 4. The zero-order valence-electron chi connectivity index (χ0n) is 17.3. The number of fused-ring (bicyclic) bond motifs is 2. The highest BCUT2D eigenvalue weighted by atomic mass is 19.3. The standard InChI is InChI=1S/C21H24F5N3O3/c1-8-15-13(19(31)27-20(32)29(15)10-2-3-10)12(18(23)24)14(22)16(8)28-6-9-4-5-21(25,26)17(30)11(9)7-28/h9-11,14,16-18,30H,2-7H2,1H3,(H,27,31,32). The molecule has 5 unspecified atom stereocenters. The molecular weight excluding hydrogens is 437 g/mol. The fourth-order valence-electron chi connectivity index (χ4n) is 5.90. The Bertz CT molecular complexity index is 1190. The zero-order valence-corrected chi connectivity index (χ0v) is 17.3. The molecule has 5 rings (SSSR count). The van der Waals surface area contributed by atoms with Gasteiger partial charge in [-0.25, -0.2) is 26.7 Å². The van der Waals surface area contributed by atoms with Crippen molar-refractivity contribution < 1.29 is 27.1 Å². The summed E-state index contributed by atoms with van der Waals surface area (Å²) in [5, 5.41) is 9.66. The Kier molecular flexibility index (Phi) is 4.94. The first-order valence-electron chi connectivity index (χ1n) is 10.8. The fourth-order valence-corrected chi connectivity index (χ4v) is 5.90. The van der Waals surface area contributed by atoms with Gasteiger partial charge in [-0.1, -0.05) is 0 Å². The molecule has 1 saturated heterocycles. The van der Waals surface area contributed by atoms with Crippen molar-refractivity contribution in [1.29, 1.82) is 0 Å². The minimum absolute atomic E-state index is 0.0104. The lowest BCUT2D eigenvalue weighted by Crippen LogP contribution is -2.62. The van der Waals surface area contributed by atoms with Gasteiger partial charge in [0.2, 0.25) is 0 Å². The average molecular weight is 461 g/mol.